The van der Waals surface area contributed by atoms with Crippen molar-refractivity contribution in [3.8, 4) is 5.69 Å². The fourth-order valence-corrected chi connectivity index (χ4v) is 3.37. The van der Waals surface area contributed by atoms with Crippen LogP contribution in [0.25, 0.3) is 5.69 Å². The van der Waals surface area contributed by atoms with E-state index in [-0.39, 0.29) is 11.8 Å². The molecule has 0 atom stereocenters. The molecule has 3 aromatic rings. The first kappa shape index (κ1) is 18.3. The summed E-state index contributed by atoms with van der Waals surface area (Å²) in [6.45, 7) is 2.05. The summed E-state index contributed by atoms with van der Waals surface area (Å²) in [5, 5.41) is 4.78. The summed E-state index contributed by atoms with van der Waals surface area (Å²) < 4.78 is 1.75. The standard InChI is InChI=1S/C21H19ClN4O2/c22-18-6-2-16(3-7-18)20(27)24-12-14-25(15-13-24)21(28)17-4-8-19(9-5-17)26-11-1-10-23-26/h1-11H,12-15H2. The number of nitrogens with zero attached hydrogens (tertiary/aromatic N) is 4. The third-order valence-corrected chi connectivity index (χ3v) is 5.08. The third kappa shape index (κ3) is 3.77. The van der Waals surface area contributed by atoms with Gasteiger partial charge in [-0.25, -0.2) is 4.68 Å². The zero-order valence-electron chi connectivity index (χ0n) is 15.2. The van der Waals surface area contributed by atoms with Gasteiger partial charge in [-0.3, -0.25) is 9.59 Å². The van der Waals surface area contributed by atoms with Crippen molar-refractivity contribution >= 4 is 23.4 Å². The average Bonchev–Trinajstić information content (AvgIpc) is 3.28. The molecule has 0 saturated carbocycles. The lowest BCUT2D eigenvalue weighted by Crippen LogP contribution is -2.50. The van der Waals surface area contributed by atoms with Gasteiger partial charge < -0.3 is 9.80 Å². The molecule has 28 heavy (non-hydrogen) atoms. The van der Waals surface area contributed by atoms with Gasteiger partial charge in [-0.15, -0.1) is 0 Å². The fourth-order valence-electron chi connectivity index (χ4n) is 3.25. The zero-order chi connectivity index (χ0) is 19.5. The van der Waals surface area contributed by atoms with Crippen molar-refractivity contribution in [3.05, 3.63) is 83.1 Å². The number of carbonyl (C=O) groups is 2. The molecule has 142 valence electrons. The van der Waals surface area contributed by atoms with Gasteiger partial charge in [-0.05, 0) is 54.6 Å². The van der Waals surface area contributed by atoms with Gasteiger partial charge in [0.1, 0.15) is 0 Å². The monoisotopic (exact) mass is 394 g/mol. The van der Waals surface area contributed by atoms with Crippen LogP contribution in [0, 0.1) is 0 Å². The summed E-state index contributed by atoms with van der Waals surface area (Å²) >= 11 is 5.88. The first-order chi connectivity index (χ1) is 13.6. The Hall–Kier alpha value is -3.12. The lowest BCUT2D eigenvalue weighted by molar-refractivity contribution is 0.0535. The summed E-state index contributed by atoms with van der Waals surface area (Å²) in [6, 6.07) is 16.1. The Morgan fingerprint density at radius 3 is 1.75 bits per heavy atom. The average molecular weight is 395 g/mol. The van der Waals surface area contributed by atoms with Crippen molar-refractivity contribution in [2.75, 3.05) is 26.2 Å². The molecular weight excluding hydrogens is 376 g/mol. The van der Waals surface area contributed by atoms with Crippen molar-refractivity contribution in [1.29, 1.82) is 0 Å². The van der Waals surface area contributed by atoms with Crippen LogP contribution in [-0.2, 0) is 0 Å². The predicted octanol–water partition coefficient (Wildman–Crippen LogP) is 3.12. The summed E-state index contributed by atoms with van der Waals surface area (Å²) in [5.41, 5.74) is 2.15. The number of halogens is 1. The number of hydrogen-bond acceptors (Lipinski definition) is 3. The highest BCUT2D eigenvalue weighted by Crippen LogP contribution is 2.15. The maximum Gasteiger partial charge on any atom is 0.253 e. The van der Waals surface area contributed by atoms with E-state index in [9.17, 15) is 9.59 Å². The van der Waals surface area contributed by atoms with Gasteiger partial charge in [0.2, 0.25) is 0 Å². The molecule has 2 aromatic carbocycles. The molecule has 7 heteroatoms. The highest BCUT2D eigenvalue weighted by molar-refractivity contribution is 6.30. The Kier molecular flexibility index (Phi) is 5.12. The first-order valence-corrected chi connectivity index (χ1v) is 9.44. The summed E-state index contributed by atoms with van der Waals surface area (Å²) in [4.78, 5) is 28.9. The Balaban J connectivity index is 1.37. The smallest absolute Gasteiger partial charge is 0.253 e. The summed E-state index contributed by atoms with van der Waals surface area (Å²) in [7, 11) is 0. The number of benzene rings is 2. The third-order valence-electron chi connectivity index (χ3n) is 4.83. The number of carbonyl (C=O) groups excluding carboxylic acids is 2. The van der Waals surface area contributed by atoms with Crippen LogP contribution < -0.4 is 0 Å². The quantitative estimate of drug-likeness (QED) is 0.685. The number of rotatable bonds is 3. The molecule has 1 aliphatic heterocycles. The van der Waals surface area contributed by atoms with Gasteiger partial charge >= 0.3 is 0 Å². The second-order valence-corrected chi connectivity index (χ2v) is 7.03. The molecule has 2 amide bonds. The zero-order valence-corrected chi connectivity index (χ0v) is 15.9. The van der Waals surface area contributed by atoms with Gasteiger partial charge in [0.15, 0.2) is 0 Å². The molecule has 2 heterocycles. The molecule has 6 nitrogen and oxygen atoms in total. The molecule has 1 aliphatic rings. The van der Waals surface area contributed by atoms with Crippen LogP contribution in [0.2, 0.25) is 5.02 Å². The SMILES string of the molecule is O=C(c1ccc(Cl)cc1)N1CCN(C(=O)c2ccc(-n3cccn3)cc2)CC1. The number of hydrogen-bond donors (Lipinski definition) is 0. The molecule has 0 radical (unpaired) electrons. The largest absolute Gasteiger partial charge is 0.335 e. The second-order valence-electron chi connectivity index (χ2n) is 6.59. The Bertz CT molecular complexity index is 961. The molecule has 4 rings (SSSR count). The Morgan fingerprint density at radius 2 is 1.29 bits per heavy atom. The maximum absolute atomic E-state index is 12.8. The van der Waals surface area contributed by atoms with E-state index in [1.54, 1.807) is 44.9 Å². The fraction of sp³-hybridized carbons (Fsp3) is 0.190. The molecule has 0 spiro atoms. The maximum atomic E-state index is 12.8. The van der Waals surface area contributed by atoms with E-state index in [4.69, 9.17) is 11.6 Å². The van der Waals surface area contributed by atoms with Crippen molar-refractivity contribution in [1.82, 2.24) is 19.6 Å². The molecule has 0 aliphatic carbocycles. The van der Waals surface area contributed by atoms with Crippen LogP contribution in [-0.4, -0.2) is 57.6 Å². The Labute approximate surface area is 167 Å². The van der Waals surface area contributed by atoms with Crippen LogP contribution >= 0.6 is 11.6 Å². The molecule has 0 N–H and O–H groups in total. The van der Waals surface area contributed by atoms with Gasteiger partial charge in [-0.2, -0.15) is 5.10 Å². The van der Waals surface area contributed by atoms with Gasteiger partial charge in [0.05, 0.1) is 5.69 Å². The predicted molar refractivity (Wildman–Crippen MR) is 107 cm³/mol. The highest BCUT2D eigenvalue weighted by Gasteiger charge is 2.25. The molecule has 1 fully saturated rings. The minimum absolute atomic E-state index is 0.0226. The number of aromatic nitrogens is 2. The van der Waals surface area contributed by atoms with E-state index >= 15 is 0 Å². The molecule has 0 bridgehead atoms. The van der Waals surface area contributed by atoms with Crippen molar-refractivity contribution in [2.24, 2.45) is 0 Å². The first-order valence-electron chi connectivity index (χ1n) is 9.06. The topological polar surface area (TPSA) is 58.4 Å². The van der Waals surface area contributed by atoms with Crippen molar-refractivity contribution in [2.45, 2.75) is 0 Å². The van der Waals surface area contributed by atoms with Crippen LogP contribution in [0.15, 0.2) is 67.0 Å². The van der Waals surface area contributed by atoms with Crippen LogP contribution in [0.1, 0.15) is 20.7 Å². The highest BCUT2D eigenvalue weighted by atomic mass is 35.5. The lowest BCUT2D eigenvalue weighted by Gasteiger charge is -2.35. The van der Waals surface area contributed by atoms with Crippen LogP contribution in [0.4, 0.5) is 0 Å². The van der Waals surface area contributed by atoms with Gasteiger partial charge in [0, 0.05) is 54.7 Å². The van der Waals surface area contributed by atoms with Gasteiger partial charge in [0.25, 0.3) is 11.8 Å². The van der Waals surface area contributed by atoms with E-state index < -0.39 is 0 Å². The number of piperazine rings is 1. The Morgan fingerprint density at radius 1 is 0.786 bits per heavy atom. The minimum Gasteiger partial charge on any atom is -0.335 e. The van der Waals surface area contributed by atoms with E-state index in [1.165, 1.54) is 0 Å². The molecule has 0 unspecified atom stereocenters. The van der Waals surface area contributed by atoms with Crippen molar-refractivity contribution in [3.63, 3.8) is 0 Å². The summed E-state index contributed by atoms with van der Waals surface area (Å²) in [5.74, 6) is -0.0575. The van der Waals surface area contributed by atoms with E-state index in [0.29, 0.717) is 42.3 Å². The van der Waals surface area contributed by atoms with E-state index in [0.717, 1.165) is 5.69 Å². The number of amides is 2. The van der Waals surface area contributed by atoms with Gasteiger partial charge in [-0.1, -0.05) is 11.6 Å². The van der Waals surface area contributed by atoms with E-state index in [1.807, 2.05) is 36.5 Å². The van der Waals surface area contributed by atoms with Crippen molar-refractivity contribution < 1.29 is 9.59 Å². The minimum atomic E-state index is -0.0349. The molecule has 1 aromatic heterocycles. The molecule has 1 saturated heterocycles. The molecular formula is C21H19ClN4O2. The van der Waals surface area contributed by atoms with E-state index in [2.05, 4.69) is 5.10 Å². The summed E-state index contributed by atoms with van der Waals surface area (Å²) in [6.07, 6.45) is 3.57. The van der Waals surface area contributed by atoms with Crippen LogP contribution in [0.3, 0.4) is 0 Å². The normalized spacial score (nSPS) is 14.2. The second kappa shape index (κ2) is 7.86. The van der Waals surface area contributed by atoms with Crippen LogP contribution in [0.5, 0.6) is 0 Å². The lowest BCUT2D eigenvalue weighted by atomic mass is 10.1.